The summed E-state index contributed by atoms with van der Waals surface area (Å²) in [4.78, 5) is 33.9. The third-order valence-electron chi connectivity index (χ3n) is 4.57. The van der Waals surface area contributed by atoms with Gasteiger partial charge >= 0.3 is 0 Å². The molecule has 0 fully saturated rings. The van der Waals surface area contributed by atoms with Gasteiger partial charge in [0.2, 0.25) is 5.91 Å². The molecule has 2 N–H and O–H groups in total. The highest BCUT2D eigenvalue weighted by atomic mass is 32.1. The van der Waals surface area contributed by atoms with Crippen molar-refractivity contribution in [2.75, 3.05) is 5.32 Å². The largest absolute Gasteiger partial charge is 0.326 e. The summed E-state index contributed by atoms with van der Waals surface area (Å²) in [5.41, 5.74) is 1.45. The Morgan fingerprint density at radius 3 is 3.00 bits per heavy atom. The van der Waals surface area contributed by atoms with Gasteiger partial charge in [0.05, 0.1) is 5.39 Å². The van der Waals surface area contributed by atoms with E-state index in [1.54, 1.807) is 17.4 Å². The Morgan fingerprint density at radius 1 is 1.31 bits per heavy atom. The zero-order valence-corrected chi connectivity index (χ0v) is 14.9. The highest BCUT2D eigenvalue weighted by molar-refractivity contribution is 7.18. The van der Waals surface area contributed by atoms with Crippen molar-refractivity contribution >= 4 is 33.1 Å². The van der Waals surface area contributed by atoms with Crippen LogP contribution < -0.4 is 10.9 Å². The van der Waals surface area contributed by atoms with Crippen molar-refractivity contribution in [3.05, 3.63) is 56.7 Å². The maximum Gasteiger partial charge on any atom is 0.259 e. The van der Waals surface area contributed by atoms with E-state index in [1.807, 2.05) is 0 Å². The van der Waals surface area contributed by atoms with Gasteiger partial charge in [-0.15, -0.1) is 11.3 Å². The first-order chi connectivity index (χ1) is 12.6. The van der Waals surface area contributed by atoms with Crippen molar-refractivity contribution in [2.45, 2.75) is 38.5 Å². The average molecular weight is 371 g/mol. The zero-order chi connectivity index (χ0) is 18.1. The highest BCUT2D eigenvalue weighted by Crippen LogP contribution is 2.33. The number of aromatic nitrogens is 2. The smallest absolute Gasteiger partial charge is 0.259 e. The Morgan fingerprint density at radius 2 is 2.15 bits per heavy atom. The third kappa shape index (κ3) is 3.39. The summed E-state index contributed by atoms with van der Waals surface area (Å²) in [5, 5.41) is 3.37. The molecule has 0 aliphatic heterocycles. The summed E-state index contributed by atoms with van der Waals surface area (Å²) in [7, 11) is 0. The molecule has 0 unspecified atom stereocenters. The number of carbonyl (C=O) groups excluding carboxylic acids is 1. The lowest BCUT2D eigenvalue weighted by Gasteiger charge is -2.09. The molecule has 0 spiro atoms. The monoisotopic (exact) mass is 371 g/mol. The molecule has 0 atom stereocenters. The summed E-state index contributed by atoms with van der Waals surface area (Å²) in [6.45, 7) is 0. The topological polar surface area (TPSA) is 74.8 Å². The lowest BCUT2D eigenvalue weighted by Crippen LogP contribution is -2.16. The standard InChI is InChI=1S/C19H18FN3O2S/c20-11-4-3-5-12(10-11)21-16(24)9-8-15-22-18(25)17-13-6-1-2-7-14(13)26-19(17)23-15/h3-5,10H,1-2,6-9H2,(H,21,24)(H,22,23,25). The van der Waals surface area contributed by atoms with Crippen molar-refractivity contribution in [2.24, 2.45) is 0 Å². The van der Waals surface area contributed by atoms with Gasteiger partial charge in [-0.1, -0.05) is 6.07 Å². The Bertz CT molecular complexity index is 1040. The van der Waals surface area contributed by atoms with E-state index in [0.717, 1.165) is 41.5 Å². The first-order valence-electron chi connectivity index (χ1n) is 8.69. The predicted octanol–water partition coefficient (Wildman–Crippen LogP) is 3.57. The molecular formula is C19H18FN3O2S. The molecule has 1 aliphatic rings. The van der Waals surface area contributed by atoms with Gasteiger partial charge in [0.25, 0.3) is 5.56 Å². The fraction of sp³-hybridized carbons (Fsp3) is 0.316. The van der Waals surface area contributed by atoms with Crippen molar-refractivity contribution in [3.63, 3.8) is 0 Å². The Kier molecular flexibility index (Phi) is 4.55. The van der Waals surface area contributed by atoms with Gasteiger partial charge in [-0.3, -0.25) is 9.59 Å². The van der Waals surface area contributed by atoms with Crippen molar-refractivity contribution in [1.82, 2.24) is 9.97 Å². The van der Waals surface area contributed by atoms with E-state index in [2.05, 4.69) is 15.3 Å². The molecule has 1 aliphatic carbocycles. The lowest BCUT2D eigenvalue weighted by atomic mass is 9.97. The van der Waals surface area contributed by atoms with Crippen LogP contribution in [-0.4, -0.2) is 15.9 Å². The van der Waals surface area contributed by atoms with Gasteiger partial charge in [-0.25, -0.2) is 9.37 Å². The van der Waals surface area contributed by atoms with Crippen LogP contribution in [0.25, 0.3) is 10.2 Å². The molecule has 0 radical (unpaired) electrons. The van der Waals surface area contributed by atoms with Gasteiger partial charge < -0.3 is 10.3 Å². The number of aromatic amines is 1. The fourth-order valence-electron chi connectivity index (χ4n) is 3.35. The minimum absolute atomic E-state index is 0.116. The van der Waals surface area contributed by atoms with E-state index in [9.17, 15) is 14.0 Å². The van der Waals surface area contributed by atoms with Crippen LogP contribution in [0, 0.1) is 5.82 Å². The van der Waals surface area contributed by atoms with Crippen LogP contribution in [-0.2, 0) is 24.1 Å². The molecule has 0 saturated heterocycles. The summed E-state index contributed by atoms with van der Waals surface area (Å²) in [5.74, 6) is -0.139. The van der Waals surface area contributed by atoms with Crippen LogP contribution in [0.1, 0.15) is 35.5 Å². The molecular weight excluding hydrogens is 353 g/mol. The van der Waals surface area contributed by atoms with Crippen LogP contribution in [0.3, 0.4) is 0 Å². The third-order valence-corrected chi connectivity index (χ3v) is 5.76. The quantitative estimate of drug-likeness (QED) is 0.736. The minimum atomic E-state index is -0.402. The SMILES string of the molecule is O=C(CCc1nc2sc3c(c2c(=O)[nH]1)CCCC3)Nc1cccc(F)c1. The maximum absolute atomic E-state index is 13.2. The number of carbonyl (C=O) groups is 1. The number of rotatable bonds is 4. The van der Waals surface area contributed by atoms with Crippen molar-refractivity contribution in [1.29, 1.82) is 0 Å². The van der Waals surface area contributed by atoms with Crippen LogP contribution in [0.2, 0.25) is 0 Å². The van der Waals surface area contributed by atoms with E-state index in [0.29, 0.717) is 17.9 Å². The molecule has 5 nitrogen and oxygen atoms in total. The average Bonchev–Trinajstić information content (AvgIpc) is 2.99. The molecule has 4 rings (SSSR count). The molecule has 2 aromatic heterocycles. The molecule has 0 bridgehead atoms. The number of halogens is 1. The number of nitrogens with zero attached hydrogens (tertiary/aromatic N) is 1. The van der Waals surface area contributed by atoms with Crippen LogP contribution >= 0.6 is 11.3 Å². The number of fused-ring (bicyclic) bond motifs is 3. The Hall–Kier alpha value is -2.54. The fourth-order valence-corrected chi connectivity index (χ4v) is 4.63. The van der Waals surface area contributed by atoms with Crippen molar-refractivity contribution in [3.8, 4) is 0 Å². The molecule has 7 heteroatoms. The van der Waals surface area contributed by atoms with Crippen LogP contribution in [0.15, 0.2) is 29.1 Å². The Labute approximate surface area is 153 Å². The number of H-pyrrole nitrogens is 1. The normalized spacial score (nSPS) is 13.6. The number of aryl methyl sites for hydroxylation is 3. The van der Waals surface area contributed by atoms with Gasteiger partial charge in [0.15, 0.2) is 0 Å². The summed E-state index contributed by atoms with van der Waals surface area (Å²) in [6, 6.07) is 5.75. The van der Waals surface area contributed by atoms with E-state index in [1.165, 1.54) is 23.1 Å². The van der Waals surface area contributed by atoms with E-state index in [4.69, 9.17) is 0 Å². The van der Waals surface area contributed by atoms with E-state index in [-0.39, 0.29) is 17.9 Å². The number of hydrogen-bond donors (Lipinski definition) is 2. The molecule has 2 heterocycles. The van der Waals surface area contributed by atoms with E-state index >= 15 is 0 Å². The number of amides is 1. The van der Waals surface area contributed by atoms with Crippen LogP contribution in [0.4, 0.5) is 10.1 Å². The summed E-state index contributed by atoms with van der Waals surface area (Å²) < 4.78 is 13.2. The number of benzene rings is 1. The molecule has 3 aromatic rings. The van der Waals surface area contributed by atoms with Gasteiger partial charge in [0, 0.05) is 23.4 Å². The molecule has 26 heavy (non-hydrogen) atoms. The number of nitrogens with one attached hydrogen (secondary N) is 2. The lowest BCUT2D eigenvalue weighted by molar-refractivity contribution is -0.116. The van der Waals surface area contributed by atoms with Gasteiger partial charge in [-0.05, 0) is 49.4 Å². The number of anilines is 1. The summed E-state index contributed by atoms with van der Waals surface area (Å²) in [6.07, 6.45) is 4.71. The van der Waals surface area contributed by atoms with Gasteiger partial charge in [0.1, 0.15) is 16.5 Å². The molecule has 1 amide bonds. The summed E-state index contributed by atoms with van der Waals surface area (Å²) >= 11 is 1.59. The highest BCUT2D eigenvalue weighted by Gasteiger charge is 2.19. The molecule has 1 aromatic carbocycles. The zero-order valence-electron chi connectivity index (χ0n) is 14.1. The second-order valence-electron chi connectivity index (χ2n) is 6.46. The number of thiophene rings is 1. The van der Waals surface area contributed by atoms with E-state index < -0.39 is 5.82 Å². The Balaban J connectivity index is 1.49. The maximum atomic E-state index is 13.2. The van der Waals surface area contributed by atoms with Gasteiger partial charge in [-0.2, -0.15) is 0 Å². The first-order valence-corrected chi connectivity index (χ1v) is 9.50. The molecule has 134 valence electrons. The first kappa shape index (κ1) is 16.9. The minimum Gasteiger partial charge on any atom is -0.326 e. The second kappa shape index (κ2) is 6.99. The molecule has 0 saturated carbocycles. The van der Waals surface area contributed by atoms with Crippen molar-refractivity contribution < 1.29 is 9.18 Å². The predicted molar refractivity (Wildman–Crippen MR) is 100 cm³/mol. The van der Waals surface area contributed by atoms with Crippen LogP contribution in [0.5, 0.6) is 0 Å². The number of hydrogen-bond acceptors (Lipinski definition) is 4. The second-order valence-corrected chi connectivity index (χ2v) is 7.55.